The standard InChI is InChI=1S/C23H30N2O5S/c1-23(2)13-12-19-20(30-23)10-8-16(24-19)15-25(17-6-5-7-17)31(26,27)18-9-11-21(28-3)22(14-18)29-4/h8-11,14,17H,5-7,12-13,15H2,1-4H3. The van der Waals surface area contributed by atoms with Crippen molar-refractivity contribution in [2.45, 2.75) is 69.0 Å². The molecule has 2 aliphatic rings. The van der Waals surface area contributed by atoms with Gasteiger partial charge in [0.15, 0.2) is 11.5 Å². The molecular weight excluding hydrogens is 416 g/mol. The summed E-state index contributed by atoms with van der Waals surface area (Å²) < 4.78 is 45.4. The van der Waals surface area contributed by atoms with Crippen molar-refractivity contribution in [1.29, 1.82) is 0 Å². The molecule has 168 valence electrons. The van der Waals surface area contributed by atoms with Gasteiger partial charge in [-0.1, -0.05) is 6.42 Å². The Balaban J connectivity index is 1.64. The van der Waals surface area contributed by atoms with Gasteiger partial charge in [-0.25, -0.2) is 8.42 Å². The van der Waals surface area contributed by atoms with Gasteiger partial charge in [-0.3, -0.25) is 4.98 Å². The van der Waals surface area contributed by atoms with Crippen LogP contribution in [0.1, 0.15) is 50.9 Å². The van der Waals surface area contributed by atoms with Gasteiger partial charge >= 0.3 is 0 Å². The quantitative estimate of drug-likeness (QED) is 0.641. The highest BCUT2D eigenvalue weighted by Crippen LogP contribution is 2.36. The van der Waals surface area contributed by atoms with Gasteiger partial charge in [-0.2, -0.15) is 4.31 Å². The van der Waals surface area contributed by atoms with E-state index in [2.05, 4.69) is 13.8 Å². The second-order valence-corrected chi connectivity index (χ2v) is 10.7. The fraction of sp³-hybridized carbons (Fsp3) is 0.522. The highest BCUT2D eigenvalue weighted by atomic mass is 32.2. The summed E-state index contributed by atoms with van der Waals surface area (Å²) in [4.78, 5) is 4.95. The first-order valence-electron chi connectivity index (χ1n) is 10.7. The highest BCUT2D eigenvalue weighted by Gasteiger charge is 2.36. The lowest BCUT2D eigenvalue weighted by Gasteiger charge is -2.37. The van der Waals surface area contributed by atoms with Crippen LogP contribution in [-0.2, 0) is 23.0 Å². The summed E-state index contributed by atoms with van der Waals surface area (Å²) in [7, 11) is -0.705. The van der Waals surface area contributed by atoms with Crippen molar-refractivity contribution < 1.29 is 22.6 Å². The SMILES string of the molecule is COc1ccc(S(=O)(=O)N(Cc2ccc3c(n2)CCC(C)(C)O3)C2CCC2)cc1OC. The molecule has 1 aliphatic heterocycles. The minimum Gasteiger partial charge on any atom is -0.493 e. The number of rotatable bonds is 7. The molecule has 1 aromatic carbocycles. The number of hydrogen-bond donors (Lipinski definition) is 0. The lowest BCUT2D eigenvalue weighted by molar-refractivity contribution is 0.0828. The molecule has 0 atom stereocenters. The largest absolute Gasteiger partial charge is 0.493 e. The van der Waals surface area contributed by atoms with Crippen molar-refractivity contribution in [3.05, 3.63) is 41.7 Å². The fourth-order valence-corrected chi connectivity index (χ4v) is 5.69. The van der Waals surface area contributed by atoms with Crippen LogP contribution in [0.2, 0.25) is 0 Å². The van der Waals surface area contributed by atoms with E-state index in [0.717, 1.165) is 49.2 Å². The molecule has 1 fully saturated rings. The number of methoxy groups -OCH3 is 2. The third kappa shape index (κ3) is 4.36. The molecule has 8 heteroatoms. The zero-order chi connectivity index (χ0) is 22.2. The second kappa shape index (κ2) is 8.31. The van der Waals surface area contributed by atoms with E-state index in [0.29, 0.717) is 11.5 Å². The van der Waals surface area contributed by atoms with Crippen molar-refractivity contribution >= 4 is 10.0 Å². The maximum atomic E-state index is 13.6. The first kappa shape index (κ1) is 21.9. The first-order valence-corrected chi connectivity index (χ1v) is 12.1. The molecule has 0 bridgehead atoms. The number of aryl methyl sites for hydroxylation is 1. The van der Waals surface area contributed by atoms with Gasteiger partial charge in [0.05, 0.1) is 37.0 Å². The molecule has 0 spiro atoms. The number of sulfonamides is 1. The number of hydrogen-bond acceptors (Lipinski definition) is 6. The molecule has 7 nitrogen and oxygen atoms in total. The predicted octanol–water partition coefficient (Wildman–Crippen LogP) is 3.95. The first-order chi connectivity index (χ1) is 14.7. The average molecular weight is 447 g/mol. The van der Waals surface area contributed by atoms with Gasteiger partial charge in [-0.15, -0.1) is 0 Å². The summed E-state index contributed by atoms with van der Waals surface area (Å²) in [6, 6.07) is 8.48. The van der Waals surface area contributed by atoms with Crippen LogP contribution >= 0.6 is 0 Å². The molecule has 4 rings (SSSR count). The zero-order valence-corrected chi connectivity index (χ0v) is 19.4. The van der Waals surface area contributed by atoms with Crippen molar-refractivity contribution in [2.75, 3.05) is 14.2 Å². The molecule has 2 aromatic rings. The number of nitrogens with zero attached hydrogens (tertiary/aromatic N) is 2. The van der Waals surface area contributed by atoms with Gasteiger partial charge in [-0.05, 0) is 63.8 Å². The van der Waals surface area contributed by atoms with E-state index in [1.54, 1.807) is 16.4 Å². The predicted molar refractivity (Wildman–Crippen MR) is 117 cm³/mol. The van der Waals surface area contributed by atoms with Gasteiger partial charge in [0, 0.05) is 12.1 Å². The smallest absolute Gasteiger partial charge is 0.243 e. The lowest BCUT2D eigenvalue weighted by Crippen LogP contribution is -2.43. The molecule has 1 aromatic heterocycles. The molecule has 0 radical (unpaired) electrons. The molecule has 0 unspecified atom stereocenters. The third-order valence-electron chi connectivity index (χ3n) is 6.10. The minimum atomic E-state index is -3.73. The third-order valence-corrected chi connectivity index (χ3v) is 8.00. The Morgan fingerprint density at radius 2 is 1.87 bits per heavy atom. The average Bonchev–Trinajstić information content (AvgIpc) is 2.71. The fourth-order valence-electron chi connectivity index (χ4n) is 4.02. The van der Waals surface area contributed by atoms with Crippen LogP contribution < -0.4 is 14.2 Å². The number of aromatic nitrogens is 1. The topological polar surface area (TPSA) is 78.0 Å². The van der Waals surface area contributed by atoms with E-state index in [-0.39, 0.29) is 23.1 Å². The van der Waals surface area contributed by atoms with E-state index < -0.39 is 10.0 Å². The summed E-state index contributed by atoms with van der Waals surface area (Å²) in [5.74, 6) is 1.68. The van der Waals surface area contributed by atoms with Crippen LogP contribution in [0.4, 0.5) is 0 Å². The van der Waals surface area contributed by atoms with Crippen molar-refractivity contribution in [2.24, 2.45) is 0 Å². The van der Waals surface area contributed by atoms with E-state index in [4.69, 9.17) is 19.2 Å². The number of ether oxygens (including phenoxy) is 3. The summed E-state index contributed by atoms with van der Waals surface area (Å²) in [5, 5.41) is 0. The van der Waals surface area contributed by atoms with Gasteiger partial charge in [0.1, 0.15) is 11.4 Å². The lowest BCUT2D eigenvalue weighted by atomic mass is 9.93. The van der Waals surface area contributed by atoms with E-state index in [1.807, 2.05) is 12.1 Å². The Hall–Kier alpha value is -2.32. The monoisotopic (exact) mass is 446 g/mol. The van der Waals surface area contributed by atoms with E-state index in [9.17, 15) is 8.42 Å². The number of fused-ring (bicyclic) bond motifs is 1. The van der Waals surface area contributed by atoms with Crippen molar-refractivity contribution in [1.82, 2.24) is 9.29 Å². The maximum absolute atomic E-state index is 13.6. The Morgan fingerprint density at radius 1 is 1.13 bits per heavy atom. The van der Waals surface area contributed by atoms with Crippen LogP contribution in [0.25, 0.3) is 0 Å². The number of pyridine rings is 1. The zero-order valence-electron chi connectivity index (χ0n) is 18.6. The van der Waals surface area contributed by atoms with Crippen LogP contribution in [0, 0.1) is 0 Å². The summed E-state index contributed by atoms with van der Waals surface area (Å²) in [6.07, 6.45) is 4.45. The summed E-state index contributed by atoms with van der Waals surface area (Å²) in [5.41, 5.74) is 1.43. The van der Waals surface area contributed by atoms with Crippen LogP contribution in [0.5, 0.6) is 17.2 Å². The minimum absolute atomic E-state index is 0.0221. The Labute approximate surface area is 184 Å². The Kier molecular flexibility index (Phi) is 5.87. The summed E-state index contributed by atoms with van der Waals surface area (Å²) >= 11 is 0. The normalized spacial score (nSPS) is 18.1. The van der Waals surface area contributed by atoms with Crippen LogP contribution in [0.15, 0.2) is 35.2 Å². The molecule has 1 saturated carbocycles. The van der Waals surface area contributed by atoms with Gasteiger partial charge < -0.3 is 14.2 Å². The van der Waals surface area contributed by atoms with Crippen molar-refractivity contribution in [3.8, 4) is 17.2 Å². The van der Waals surface area contributed by atoms with Crippen LogP contribution in [0.3, 0.4) is 0 Å². The molecule has 0 N–H and O–H groups in total. The molecular formula is C23H30N2O5S. The summed E-state index contributed by atoms with van der Waals surface area (Å²) in [6.45, 7) is 4.37. The Bertz CT molecular complexity index is 1060. The molecule has 0 saturated heterocycles. The van der Waals surface area contributed by atoms with Crippen molar-refractivity contribution in [3.63, 3.8) is 0 Å². The molecule has 0 amide bonds. The highest BCUT2D eigenvalue weighted by molar-refractivity contribution is 7.89. The van der Waals surface area contributed by atoms with Gasteiger partial charge in [0.25, 0.3) is 0 Å². The van der Waals surface area contributed by atoms with E-state index in [1.165, 1.54) is 20.3 Å². The number of benzene rings is 1. The molecule has 1 aliphatic carbocycles. The molecule has 2 heterocycles. The van der Waals surface area contributed by atoms with E-state index >= 15 is 0 Å². The maximum Gasteiger partial charge on any atom is 0.243 e. The second-order valence-electron chi connectivity index (χ2n) is 8.76. The van der Waals surface area contributed by atoms with Gasteiger partial charge in [0.2, 0.25) is 10.0 Å². The Morgan fingerprint density at radius 3 is 2.52 bits per heavy atom. The molecule has 31 heavy (non-hydrogen) atoms. The van der Waals surface area contributed by atoms with Crippen LogP contribution in [-0.4, -0.2) is 43.6 Å².